The zero-order valence-electron chi connectivity index (χ0n) is 43.5. The number of carbonyl (C=O) groups excluding carboxylic acids is 1. The first-order valence-corrected chi connectivity index (χ1v) is 27.9. The normalized spacial score (nSPS) is 26.3. The van der Waals surface area contributed by atoms with E-state index in [1.807, 2.05) is 6.08 Å². The molecule has 0 aromatic heterocycles. The molecule has 12 atom stereocenters. The molecule has 0 spiro atoms. The summed E-state index contributed by atoms with van der Waals surface area (Å²) in [5.41, 5.74) is 0. The molecule has 408 valence electrons. The third kappa shape index (κ3) is 28.4. The van der Waals surface area contributed by atoms with Crippen molar-refractivity contribution in [3.8, 4) is 0 Å². The Hall–Kier alpha value is -2.05. The summed E-state index contributed by atoms with van der Waals surface area (Å²) in [6, 6.07) is -0.942. The standard InChI is InChI=1S/C56H101NO13/c1-3-5-7-9-11-13-15-17-19-21-22-23-24-25-27-29-31-33-35-37-39-45(60)44(57-48(61)40-38-36-34-32-30-28-26-20-18-16-14-12-10-8-6-4-2)43-67-55-53(66)51(64)54(47(42-59)69-55)70-56-52(65)50(63)49(62)46(41-58)68-56/h20,23-24,26,29,31,37,39,44-47,49-56,58-60,62-66H,3-19,21-22,25,27-28,30,32-36,38,40-43H2,1-2H3,(H,57,61)/b24-23+,26-20-,31-29+,39-37+. The van der Waals surface area contributed by atoms with E-state index in [0.29, 0.717) is 12.8 Å². The fourth-order valence-electron chi connectivity index (χ4n) is 8.90. The van der Waals surface area contributed by atoms with Crippen LogP contribution in [0.5, 0.6) is 0 Å². The summed E-state index contributed by atoms with van der Waals surface area (Å²) in [7, 11) is 0. The van der Waals surface area contributed by atoms with E-state index in [1.54, 1.807) is 6.08 Å². The first-order chi connectivity index (χ1) is 34.1. The van der Waals surface area contributed by atoms with Crippen LogP contribution in [0.2, 0.25) is 0 Å². The molecule has 2 aliphatic heterocycles. The maximum Gasteiger partial charge on any atom is 0.220 e. The summed E-state index contributed by atoms with van der Waals surface area (Å²) in [6.07, 6.45) is 34.3. The summed E-state index contributed by atoms with van der Waals surface area (Å²) < 4.78 is 22.7. The summed E-state index contributed by atoms with van der Waals surface area (Å²) in [5, 5.41) is 86.9. The molecule has 0 aromatic carbocycles. The van der Waals surface area contributed by atoms with Gasteiger partial charge in [0.15, 0.2) is 12.6 Å². The number of rotatable bonds is 43. The average molecular weight is 996 g/mol. The largest absolute Gasteiger partial charge is 0.394 e. The van der Waals surface area contributed by atoms with Gasteiger partial charge in [0.1, 0.15) is 48.8 Å². The highest BCUT2D eigenvalue weighted by molar-refractivity contribution is 5.76. The van der Waals surface area contributed by atoms with Crippen molar-refractivity contribution in [3.05, 3.63) is 48.6 Å². The zero-order chi connectivity index (χ0) is 51.0. The molecule has 0 radical (unpaired) electrons. The second kappa shape index (κ2) is 42.3. The lowest BCUT2D eigenvalue weighted by Gasteiger charge is -2.46. The highest BCUT2D eigenvalue weighted by Gasteiger charge is 2.51. The van der Waals surface area contributed by atoms with Gasteiger partial charge in [-0.05, 0) is 70.6 Å². The fraction of sp³-hybridized carbons (Fsp3) is 0.839. The van der Waals surface area contributed by atoms with Crippen molar-refractivity contribution >= 4 is 5.91 Å². The van der Waals surface area contributed by atoms with Crippen molar-refractivity contribution in [1.82, 2.24) is 5.32 Å². The molecule has 2 saturated heterocycles. The van der Waals surface area contributed by atoms with E-state index in [4.69, 9.17) is 18.9 Å². The van der Waals surface area contributed by atoms with E-state index in [9.17, 15) is 45.6 Å². The van der Waals surface area contributed by atoms with Gasteiger partial charge in [-0.3, -0.25) is 4.79 Å². The molecule has 2 fully saturated rings. The molecule has 1 amide bonds. The van der Waals surface area contributed by atoms with Crippen LogP contribution in [-0.4, -0.2) is 140 Å². The molecule has 14 nitrogen and oxygen atoms in total. The Morgan fingerprint density at radius 3 is 1.40 bits per heavy atom. The van der Waals surface area contributed by atoms with Crippen molar-refractivity contribution in [3.63, 3.8) is 0 Å². The van der Waals surface area contributed by atoms with Crippen LogP contribution in [-0.2, 0) is 23.7 Å². The Morgan fingerprint density at radius 2 is 0.914 bits per heavy atom. The number of aliphatic hydroxyl groups is 8. The Morgan fingerprint density at radius 1 is 0.500 bits per heavy atom. The minimum Gasteiger partial charge on any atom is -0.394 e. The minimum atomic E-state index is -1.79. The van der Waals surface area contributed by atoms with Gasteiger partial charge >= 0.3 is 0 Å². The molecule has 14 heteroatoms. The molecule has 9 N–H and O–H groups in total. The summed E-state index contributed by atoms with van der Waals surface area (Å²) >= 11 is 0. The van der Waals surface area contributed by atoms with Gasteiger partial charge in [0.05, 0.1) is 32.0 Å². The molecule has 2 heterocycles. The third-order valence-electron chi connectivity index (χ3n) is 13.5. The average Bonchev–Trinajstić information content (AvgIpc) is 3.36. The Bertz CT molecular complexity index is 1360. The lowest BCUT2D eigenvalue weighted by atomic mass is 9.97. The quantitative estimate of drug-likeness (QED) is 0.0207. The van der Waals surface area contributed by atoms with Gasteiger partial charge in [-0.15, -0.1) is 0 Å². The SMILES string of the molecule is CCCCCCCCC/C=C\CCCCCCCC(=O)NC(COC1OC(CO)C(OC2OC(CO)C(O)C(O)C2O)C(O)C1O)C(O)/C=C/CC/C=C/CC/C=C/CCCCCCCCCCCC. The highest BCUT2D eigenvalue weighted by Crippen LogP contribution is 2.30. The number of carbonyl (C=O) groups is 1. The number of ether oxygens (including phenoxy) is 4. The molecule has 70 heavy (non-hydrogen) atoms. The minimum absolute atomic E-state index is 0.259. The summed E-state index contributed by atoms with van der Waals surface area (Å²) in [6.45, 7) is 2.76. The van der Waals surface area contributed by atoms with Crippen LogP contribution in [0, 0.1) is 0 Å². The Balaban J connectivity index is 1.84. The number of amides is 1. The van der Waals surface area contributed by atoms with Gasteiger partial charge in [-0.2, -0.15) is 0 Å². The van der Waals surface area contributed by atoms with Crippen LogP contribution < -0.4 is 5.32 Å². The van der Waals surface area contributed by atoms with E-state index >= 15 is 0 Å². The van der Waals surface area contributed by atoms with E-state index in [-0.39, 0.29) is 18.9 Å². The van der Waals surface area contributed by atoms with Crippen LogP contribution in [0.4, 0.5) is 0 Å². The van der Waals surface area contributed by atoms with Crippen molar-refractivity contribution < 1.29 is 64.6 Å². The van der Waals surface area contributed by atoms with Crippen LogP contribution >= 0.6 is 0 Å². The second-order valence-electron chi connectivity index (χ2n) is 19.7. The fourth-order valence-corrected chi connectivity index (χ4v) is 8.90. The topological polar surface area (TPSA) is 228 Å². The van der Waals surface area contributed by atoms with E-state index in [1.165, 1.54) is 109 Å². The van der Waals surface area contributed by atoms with Gasteiger partial charge < -0.3 is 65.1 Å². The predicted molar refractivity (Wildman–Crippen MR) is 277 cm³/mol. The number of unbranched alkanes of at least 4 members (excludes halogenated alkanes) is 24. The molecule has 0 bridgehead atoms. The number of nitrogens with one attached hydrogen (secondary N) is 1. The predicted octanol–water partition coefficient (Wildman–Crippen LogP) is 8.44. The molecule has 2 rings (SSSR count). The summed E-state index contributed by atoms with van der Waals surface area (Å²) in [5.74, 6) is -0.263. The number of hydrogen-bond donors (Lipinski definition) is 9. The maximum absolute atomic E-state index is 13.2. The molecule has 0 aliphatic carbocycles. The molecule has 0 saturated carbocycles. The van der Waals surface area contributed by atoms with Gasteiger partial charge in [0.25, 0.3) is 0 Å². The van der Waals surface area contributed by atoms with Crippen molar-refractivity contribution in [2.45, 2.75) is 280 Å². The Labute approximate surface area is 423 Å². The van der Waals surface area contributed by atoms with Crippen LogP contribution in [0.15, 0.2) is 48.6 Å². The van der Waals surface area contributed by atoms with Crippen molar-refractivity contribution in [1.29, 1.82) is 0 Å². The monoisotopic (exact) mass is 996 g/mol. The van der Waals surface area contributed by atoms with Gasteiger partial charge in [0.2, 0.25) is 5.91 Å². The lowest BCUT2D eigenvalue weighted by Crippen LogP contribution is -2.65. The van der Waals surface area contributed by atoms with Gasteiger partial charge in [-0.25, -0.2) is 0 Å². The molecular weight excluding hydrogens is 895 g/mol. The van der Waals surface area contributed by atoms with Crippen LogP contribution in [0.3, 0.4) is 0 Å². The number of allylic oxidation sites excluding steroid dienone is 7. The Kier molecular flexibility index (Phi) is 38.7. The van der Waals surface area contributed by atoms with Crippen LogP contribution in [0.1, 0.15) is 206 Å². The van der Waals surface area contributed by atoms with Crippen molar-refractivity contribution in [2.24, 2.45) is 0 Å². The smallest absolute Gasteiger partial charge is 0.220 e. The molecule has 2 aliphatic rings. The molecular formula is C56H101NO13. The molecule has 12 unspecified atom stereocenters. The first-order valence-electron chi connectivity index (χ1n) is 27.9. The van der Waals surface area contributed by atoms with Gasteiger partial charge in [0, 0.05) is 6.42 Å². The highest BCUT2D eigenvalue weighted by atomic mass is 16.7. The van der Waals surface area contributed by atoms with E-state index in [0.717, 1.165) is 64.2 Å². The molecule has 0 aromatic rings. The number of hydrogen-bond acceptors (Lipinski definition) is 13. The summed E-state index contributed by atoms with van der Waals surface area (Å²) in [4.78, 5) is 13.2. The van der Waals surface area contributed by atoms with Crippen molar-refractivity contribution in [2.75, 3.05) is 19.8 Å². The van der Waals surface area contributed by atoms with Crippen LogP contribution in [0.25, 0.3) is 0 Å². The van der Waals surface area contributed by atoms with E-state index < -0.39 is 86.8 Å². The first kappa shape index (κ1) is 64.1. The van der Waals surface area contributed by atoms with Gasteiger partial charge in [-0.1, -0.05) is 178 Å². The van der Waals surface area contributed by atoms with E-state index in [2.05, 4.69) is 55.6 Å². The third-order valence-corrected chi connectivity index (χ3v) is 13.5. The number of aliphatic hydroxyl groups excluding tert-OH is 8. The maximum atomic E-state index is 13.2. The lowest BCUT2D eigenvalue weighted by molar-refractivity contribution is -0.359. The zero-order valence-corrected chi connectivity index (χ0v) is 43.5. The second-order valence-corrected chi connectivity index (χ2v) is 19.7.